The van der Waals surface area contributed by atoms with Gasteiger partial charge < -0.3 is 14.4 Å². The van der Waals surface area contributed by atoms with Gasteiger partial charge in [0.2, 0.25) is 5.91 Å². The van der Waals surface area contributed by atoms with E-state index in [0.29, 0.717) is 34.7 Å². The highest BCUT2D eigenvalue weighted by Gasteiger charge is 2.34. The molecule has 2 heterocycles. The molecule has 0 bridgehead atoms. The predicted molar refractivity (Wildman–Crippen MR) is 120 cm³/mol. The summed E-state index contributed by atoms with van der Waals surface area (Å²) in [6.07, 6.45) is 3.25. The topological polar surface area (TPSA) is 42.0 Å². The molecule has 0 radical (unpaired) electrons. The van der Waals surface area contributed by atoms with E-state index in [2.05, 4.69) is 4.90 Å². The highest BCUT2D eigenvalue weighted by molar-refractivity contribution is 6.42. The number of carbonyl (C=O) groups is 1. The van der Waals surface area contributed by atoms with Crippen LogP contribution in [0.15, 0.2) is 36.4 Å². The summed E-state index contributed by atoms with van der Waals surface area (Å²) in [7, 11) is 1.63. The zero-order valence-electron chi connectivity index (χ0n) is 17.1. The molecule has 2 saturated heterocycles. The summed E-state index contributed by atoms with van der Waals surface area (Å²) in [6.45, 7) is 4.41. The van der Waals surface area contributed by atoms with E-state index in [1.165, 1.54) is 12.8 Å². The molecule has 2 aromatic rings. The molecule has 0 N–H and O–H groups in total. The monoisotopic (exact) mass is 448 g/mol. The number of likely N-dealkylation sites (tertiary alicyclic amines) is 1. The fraction of sp³-hybridized carbons (Fsp3) is 0.435. The van der Waals surface area contributed by atoms with Crippen molar-refractivity contribution in [2.75, 3.05) is 44.8 Å². The van der Waals surface area contributed by atoms with Gasteiger partial charge >= 0.3 is 0 Å². The third kappa shape index (κ3) is 4.53. The number of benzene rings is 2. The van der Waals surface area contributed by atoms with Crippen LogP contribution in [0, 0.1) is 0 Å². The normalized spacial score (nSPS) is 19.5. The number of amides is 1. The smallest absolute Gasteiger partial charge is 0.234 e. The Bertz CT molecular complexity index is 915. The summed E-state index contributed by atoms with van der Waals surface area (Å²) in [6, 6.07) is 11.1. The molecule has 5 nitrogen and oxygen atoms in total. The fourth-order valence-electron chi connectivity index (χ4n) is 4.21. The second-order valence-electron chi connectivity index (χ2n) is 7.74. The highest BCUT2D eigenvalue weighted by Crippen LogP contribution is 2.38. The third-order valence-electron chi connectivity index (χ3n) is 5.87. The number of halogens is 2. The van der Waals surface area contributed by atoms with Crippen LogP contribution in [-0.4, -0.2) is 50.7 Å². The van der Waals surface area contributed by atoms with Crippen molar-refractivity contribution in [2.24, 2.45) is 0 Å². The van der Waals surface area contributed by atoms with Gasteiger partial charge in [-0.3, -0.25) is 9.69 Å². The van der Waals surface area contributed by atoms with E-state index in [1.54, 1.807) is 24.1 Å². The maximum atomic E-state index is 13.1. The number of carbonyl (C=O) groups excluding carboxylic acids is 1. The number of methoxy groups -OCH3 is 1. The van der Waals surface area contributed by atoms with Crippen LogP contribution in [0.1, 0.15) is 30.7 Å². The minimum Gasteiger partial charge on any atom is -0.493 e. The molecular formula is C23H26Cl2N2O3. The summed E-state index contributed by atoms with van der Waals surface area (Å²) in [5.41, 5.74) is 1.71. The van der Waals surface area contributed by atoms with Crippen molar-refractivity contribution < 1.29 is 14.3 Å². The quantitative estimate of drug-likeness (QED) is 0.597. The SMILES string of the molecule is COc1ccc(N2CCC(c3ccc(Cl)c(Cl)c3)C2=O)cc1OCCN1CCCC1. The van der Waals surface area contributed by atoms with Crippen molar-refractivity contribution in [2.45, 2.75) is 25.2 Å². The summed E-state index contributed by atoms with van der Waals surface area (Å²) in [4.78, 5) is 17.3. The van der Waals surface area contributed by atoms with E-state index < -0.39 is 0 Å². The Morgan fingerprint density at radius 2 is 1.80 bits per heavy atom. The zero-order valence-corrected chi connectivity index (χ0v) is 18.6. The Balaban J connectivity index is 1.47. The molecule has 0 saturated carbocycles. The van der Waals surface area contributed by atoms with Crippen LogP contribution in [0.5, 0.6) is 11.5 Å². The Kier molecular flexibility index (Phi) is 6.71. The van der Waals surface area contributed by atoms with E-state index in [-0.39, 0.29) is 11.8 Å². The van der Waals surface area contributed by atoms with Gasteiger partial charge in [-0.1, -0.05) is 29.3 Å². The summed E-state index contributed by atoms with van der Waals surface area (Å²) < 4.78 is 11.5. The first-order chi connectivity index (χ1) is 14.6. The summed E-state index contributed by atoms with van der Waals surface area (Å²) >= 11 is 12.2. The molecule has 0 aliphatic carbocycles. The minimum atomic E-state index is -0.221. The van der Waals surface area contributed by atoms with Crippen molar-refractivity contribution in [1.29, 1.82) is 0 Å². The Hall–Kier alpha value is -1.95. The van der Waals surface area contributed by atoms with Crippen LogP contribution < -0.4 is 14.4 Å². The fourth-order valence-corrected chi connectivity index (χ4v) is 4.52. The first-order valence-electron chi connectivity index (χ1n) is 10.4. The zero-order chi connectivity index (χ0) is 21.1. The molecule has 4 rings (SSSR count). The van der Waals surface area contributed by atoms with E-state index in [4.69, 9.17) is 32.7 Å². The predicted octanol–water partition coefficient (Wildman–Crippen LogP) is 5.00. The van der Waals surface area contributed by atoms with Crippen molar-refractivity contribution in [1.82, 2.24) is 4.90 Å². The Labute approximate surface area is 187 Å². The van der Waals surface area contributed by atoms with Crippen LogP contribution in [-0.2, 0) is 4.79 Å². The van der Waals surface area contributed by atoms with Crippen LogP contribution in [0.3, 0.4) is 0 Å². The second-order valence-corrected chi connectivity index (χ2v) is 8.55. The van der Waals surface area contributed by atoms with Gasteiger partial charge in [0.15, 0.2) is 11.5 Å². The minimum absolute atomic E-state index is 0.0570. The van der Waals surface area contributed by atoms with Crippen molar-refractivity contribution in [3.8, 4) is 11.5 Å². The number of hydrogen-bond donors (Lipinski definition) is 0. The summed E-state index contributed by atoms with van der Waals surface area (Å²) in [5.74, 6) is 1.18. The molecule has 2 fully saturated rings. The van der Waals surface area contributed by atoms with Gasteiger partial charge in [0.1, 0.15) is 6.61 Å². The molecule has 160 valence electrons. The standard InChI is InChI=1S/C23H26Cl2N2O3/c1-29-21-7-5-17(15-22(21)30-13-12-26-9-2-3-10-26)27-11-8-18(23(27)28)16-4-6-19(24)20(25)14-16/h4-7,14-15,18H,2-3,8-13H2,1H3. The van der Waals surface area contributed by atoms with Crippen molar-refractivity contribution >= 4 is 34.8 Å². The largest absolute Gasteiger partial charge is 0.493 e. The van der Waals surface area contributed by atoms with E-state index in [0.717, 1.165) is 37.3 Å². The van der Waals surface area contributed by atoms with Crippen LogP contribution in [0.25, 0.3) is 0 Å². The molecule has 0 aromatic heterocycles. The van der Waals surface area contributed by atoms with Crippen LogP contribution in [0.2, 0.25) is 10.0 Å². The summed E-state index contributed by atoms with van der Waals surface area (Å²) in [5, 5.41) is 0.965. The average Bonchev–Trinajstić information content (AvgIpc) is 3.40. The van der Waals surface area contributed by atoms with Crippen molar-refractivity contribution in [3.05, 3.63) is 52.0 Å². The Morgan fingerprint density at radius 3 is 2.53 bits per heavy atom. The van der Waals surface area contributed by atoms with Crippen LogP contribution >= 0.6 is 23.2 Å². The molecule has 0 spiro atoms. The average molecular weight is 449 g/mol. The first-order valence-corrected chi connectivity index (χ1v) is 11.1. The Morgan fingerprint density at radius 1 is 1.00 bits per heavy atom. The number of anilines is 1. The lowest BCUT2D eigenvalue weighted by molar-refractivity contribution is -0.118. The van der Waals surface area contributed by atoms with Gasteiger partial charge in [-0.15, -0.1) is 0 Å². The number of nitrogens with zero attached hydrogens (tertiary/aromatic N) is 2. The molecule has 1 unspecified atom stereocenters. The molecule has 2 aromatic carbocycles. The van der Waals surface area contributed by atoms with Gasteiger partial charge in [0.25, 0.3) is 0 Å². The van der Waals surface area contributed by atoms with Gasteiger partial charge in [-0.05, 0) is 62.2 Å². The van der Waals surface area contributed by atoms with Crippen LogP contribution in [0.4, 0.5) is 5.69 Å². The molecule has 2 aliphatic rings. The first kappa shape index (κ1) is 21.3. The lowest BCUT2D eigenvalue weighted by Gasteiger charge is -2.20. The lowest BCUT2D eigenvalue weighted by Crippen LogP contribution is -2.27. The third-order valence-corrected chi connectivity index (χ3v) is 6.61. The second kappa shape index (κ2) is 9.46. The lowest BCUT2D eigenvalue weighted by atomic mass is 9.98. The van der Waals surface area contributed by atoms with Gasteiger partial charge in [0, 0.05) is 24.8 Å². The maximum Gasteiger partial charge on any atom is 0.234 e. The molecule has 30 heavy (non-hydrogen) atoms. The molecule has 1 amide bonds. The molecule has 2 aliphatic heterocycles. The number of ether oxygens (including phenoxy) is 2. The van der Waals surface area contributed by atoms with Crippen molar-refractivity contribution in [3.63, 3.8) is 0 Å². The van der Waals surface area contributed by atoms with Gasteiger partial charge in [0.05, 0.1) is 23.1 Å². The highest BCUT2D eigenvalue weighted by atomic mass is 35.5. The molecular weight excluding hydrogens is 423 g/mol. The molecule has 1 atom stereocenters. The number of hydrogen-bond acceptors (Lipinski definition) is 4. The van der Waals surface area contributed by atoms with E-state index in [9.17, 15) is 4.79 Å². The molecule has 7 heteroatoms. The number of rotatable bonds is 7. The van der Waals surface area contributed by atoms with Gasteiger partial charge in [-0.25, -0.2) is 0 Å². The maximum absolute atomic E-state index is 13.1. The van der Waals surface area contributed by atoms with E-state index in [1.807, 2.05) is 24.3 Å². The van der Waals surface area contributed by atoms with Gasteiger partial charge in [-0.2, -0.15) is 0 Å². The van der Waals surface area contributed by atoms with E-state index >= 15 is 0 Å².